The van der Waals surface area contributed by atoms with Crippen molar-refractivity contribution in [2.75, 3.05) is 11.4 Å². The lowest BCUT2D eigenvalue weighted by molar-refractivity contribution is -0.122. The van der Waals surface area contributed by atoms with Gasteiger partial charge in [-0.3, -0.25) is 4.79 Å². The van der Waals surface area contributed by atoms with Crippen LogP contribution in [0, 0.1) is 5.92 Å². The average molecular weight is 309 g/mol. The van der Waals surface area contributed by atoms with Gasteiger partial charge in [0.05, 0.1) is 10.8 Å². The molecule has 2 fully saturated rings. The highest BCUT2D eigenvalue weighted by Crippen LogP contribution is 2.51. The van der Waals surface area contributed by atoms with Gasteiger partial charge in [-0.1, -0.05) is 12.1 Å². The number of rotatable bonds is 3. The maximum atomic E-state index is 12.9. The third-order valence-corrected chi connectivity index (χ3v) is 6.20. The first-order valence-corrected chi connectivity index (χ1v) is 8.80. The van der Waals surface area contributed by atoms with E-state index in [1.165, 1.54) is 24.0 Å². The number of fused-ring (bicyclic) bond motifs is 1. The number of carbonyl (C=O) groups is 1. The van der Waals surface area contributed by atoms with Crippen molar-refractivity contribution in [3.05, 3.63) is 29.3 Å². The van der Waals surface area contributed by atoms with Gasteiger partial charge in [-0.15, -0.1) is 0 Å². The highest BCUT2D eigenvalue weighted by molar-refractivity contribution is 6.08. The lowest BCUT2D eigenvalue weighted by atomic mass is 9.76. The molecule has 2 aliphatic carbocycles. The largest absolute Gasteiger partial charge is 0.309 e. The fourth-order valence-electron chi connectivity index (χ4n) is 4.41. The molecule has 1 N–H and O–H groups in total. The Hall–Kier alpha value is -1.84. The molecular formula is C19H23N3O. The number of anilines is 1. The van der Waals surface area contributed by atoms with E-state index in [2.05, 4.69) is 53.7 Å². The van der Waals surface area contributed by atoms with Gasteiger partial charge in [0, 0.05) is 24.5 Å². The molecule has 0 aromatic heterocycles. The number of amides is 1. The molecular weight excluding hydrogens is 286 g/mol. The van der Waals surface area contributed by atoms with E-state index >= 15 is 0 Å². The highest BCUT2D eigenvalue weighted by Gasteiger charge is 2.51. The van der Waals surface area contributed by atoms with Crippen molar-refractivity contribution >= 4 is 17.8 Å². The maximum Gasteiger partial charge on any atom is 0.237 e. The average Bonchev–Trinajstić information content (AvgIpc) is 3.47. The van der Waals surface area contributed by atoms with Crippen LogP contribution in [0.3, 0.4) is 0 Å². The van der Waals surface area contributed by atoms with Crippen molar-refractivity contribution in [1.29, 1.82) is 0 Å². The first-order valence-electron chi connectivity index (χ1n) is 8.80. The predicted molar refractivity (Wildman–Crippen MR) is 90.9 cm³/mol. The molecule has 0 saturated heterocycles. The number of hydrogen-bond donors (Lipinski definition) is 1. The summed E-state index contributed by atoms with van der Waals surface area (Å²) in [5.74, 6) is 0.963. The van der Waals surface area contributed by atoms with Crippen molar-refractivity contribution in [2.24, 2.45) is 11.0 Å². The summed E-state index contributed by atoms with van der Waals surface area (Å²) in [5.41, 5.74) is 6.45. The summed E-state index contributed by atoms with van der Waals surface area (Å²) in [5, 5.41) is 4.32. The summed E-state index contributed by atoms with van der Waals surface area (Å²) in [4.78, 5) is 15.0. The standard InChI is InChI=1S/C19H23N3O/c1-18(2)15-8-5-13(19(12-3-4-12)10-20-21-11-19)9-16(15)22(17(18)23)14-6-7-14/h5,8-10,12,14,21H,3-4,6-7,11H2,1-2H3. The number of nitrogens with one attached hydrogen (secondary N) is 1. The van der Waals surface area contributed by atoms with Crippen molar-refractivity contribution < 1.29 is 4.79 Å². The molecule has 1 unspecified atom stereocenters. The molecule has 5 rings (SSSR count). The molecule has 1 aromatic rings. The minimum Gasteiger partial charge on any atom is -0.309 e. The number of carbonyl (C=O) groups excluding carboxylic acids is 1. The summed E-state index contributed by atoms with van der Waals surface area (Å²) in [6.45, 7) is 5.01. The van der Waals surface area contributed by atoms with Crippen LogP contribution in [-0.4, -0.2) is 24.7 Å². The van der Waals surface area contributed by atoms with Crippen LogP contribution >= 0.6 is 0 Å². The van der Waals surface area contributed by atoms with Gasteiger partial charge in [0.2, 0.25) is 5.91 Å². The summed E-state index contributed by atoms with van der Waals surface area (Å²) in [7, 11) is 0. The van der Waals surface area contributed by atoms with Crippen LogP contribution in [0.2, 0.25) is 0 Å². The Morgan fingerprint density at radius 3 is 2.61 bits per heavy atom. The third-order valence-electron chi connectivity index (χ3n) is 6.20. The number of hydrogen-bond acceptors (Lipinski definition) is 3. The van der Waals surface area contributed by atoms with Crippen molar-refractivity contribution in [2.45, 2.75) is 56.4 Å². The molecule has 0 spiro atoms. The first-order chi connectivity index (χ1) is 11.0. The van der Waals surface area contributed by atoms with Gasteiger partial charge in [-0.05, 0) is 62.6 Å². The summed E-state index contributed by atoms with van der Waals surface area (Å²) < 4.78 is 0. The van der Waals surface area contributed by atoms with Crippen LogP contribution in [0.15, 0.2) is 23.3 Å². The Balaban J connectivity index is 1.65. The second-order valence-corrected chi connectivity index (χ2v) is 8.17. The van der Waals surface area contributed by atoms with Crippen molar-refractivity contribution in [1.82, 2.24) is 5.43 Å². The van der Waals surface area contributed by atoms with Gasteiger partial charge >= 0.3 is 0 Å². The molecule has 4 heteroatoms. The van der Waals surface area contributed by atoms with E-state index in [9.17, 15) is 4.79 Å². The van der Waals surface area contributed by atoms with E-state index in [0.717, 1.165) is 25.1 Å². The Bertz CT molecular complexity index is 730. The lowest BCUT2D eigenvalue weighted by Crippen LogP contribution is -2.37. The van der Waals surface area contributed by atoms with E-state index in [0.29, 0.717) is 12.0 Å². The fourth-order valence-corrected chi connectivity index (χ4v) is 4.41. The predicted octanol–water partition coefficient (Wildman–Crippen LogP) is 2.71. The van der Waals surface area contributed by atoms with E-state index in [1.807, 2.05) is 0 Å². The Kier molecular flexibility index (Phi) is 2.46. The van der Waals surface area contributed by atoms with Gasteiger partial charge in [0.1, 0.15) is 0 Å². The first kappa shape index (κ1) is 13.6. The molecule has 2 saturated carbocycles. The Morgan fingerprint density at radius 2 is 2.00 bits per heavy atom. The highest BCUT2D eigenvalue weighted by atomic mass is 16.2. The van der Waals surface area contributed by atoms with Crippen LogP contribution in [0.4, 0.5) is 5.69 Å². The van der Waals surface area contributed by atoms with Crippen molar-refractivity contribution in [3.63, 3.8) is 0 Å². The van der Waals surface area contributed by atoms with Crippen LogP contribution in [0.5, 0.6) is 0 Å². The molecule has 4 nitrogen and oxygen atoms in total. The minimum absolute atomic E-state index is 0.0278. The summed E-state index contributed by atoms with van der Waals surface area (Å²) in [6, 6.07) is 7.14. The zero-order valence-electron chi connectivity index (χ0n) is 13.8. The SMILES string of the molecule is CC1(C)C(=O)N(C2CC2)c2cc(C3(C4CC4)C=NNC3)ccc21. The monoisotopic (exact) mass is 309 g/mol. The number of hydrazone groups is 1. The van der Waals surface area contributed by atoms with E-state index in [-0.39, 0.29) is 11.3 Å². The zero-order valence-corrected chi connectivity index (χ0v) is 13.8. The molecule has 1 atom stereocenters. The number of nitrogens with zero attached hydrogens (tertiary/aromatic N) is 2. The maximum absolute atomic E-state index is 12.9. The number of benzene rings is 1. The van der Waals surface area contributed by atoms with Crippen LogP contribution in [-0.2, 0) is 15.6 Å². The molecule has 4 aliphatic rings. The Labute approximate surface area is 136 Å². The minimum atomic E-state index is -0.398. The molecule has 1 aromatic carbocycles. The fraction of sp³-hybridized carbons (Fsp3) is 0.579. The van der Waals surface area contributed by atoms with Crippen LogP contribution in [0.25, 0.3) is 0 Å². The van der Waals surface area contributed by atoms with Gasteiger partial charge in [0.15, 0.2) is 0 Å². The molecule has 23 heavy (non-hydrogen) atoms. The quantitative estimate of drug-likeness (QED) is 0.933. The normalized spacial score (nSPS) is 31.4. The van der Waals surface area contributed by atoms with Gasteiger partial charge in [0.25, 0.3) is 0 Å². The Morgan fingerprint density at radius 1 is 1.22 bits per heavy atom. The van der Waals surface area contributed by atoms with Gasteiger partial charge in [-0.2, -0.15) is 5.10 Å². The molecule has 120 valence electrons. The summed E-state index contributed by atoms with van der Waals surface area (Å²) >= 11 is 0. The lowest BCUT2D eigenvalue weighted by Gasteiger charge is -2.27. The molecule has 1 amide bonds. The summed E-state index contributed by atoms with van der Waals surface area (Å²) in [6.07, 6.45) is 6.95. The topological polar surface area (TPSA) is 44.7 Å². The molecule has 0 bridgehead atoms. The second kappa shape index (κ2) is 4.16. The molecule has 2 aliphatic heterocycles. The van der Waals surface area contributed by atoms with Crippen molar-refractivity contribution in [3.8, 4) is 0 Å². The van der Waals surface area contributed by atoms with Gasteiger partial charge < -0.3 is 10.3 Å². The van der Waals surface area contributed by atoms with Gasteiger partial charge in [-0.25, -0.2) is 0 Å². The van der Waals surface area contributed by atoms with E-state index in [4.69, 9.17) is 0 Å². The van der Waals surface area contributed by atoms with E-state index < -0.39 is 5.41 Å². The molecule has 0 radical (unpaired) electrons. The third kappa shape index (κ3) is 1.72. The zero-order chi connectivity index (χ0) is 15.8. The smallest absolute Gasteiger partial charge is 0.237 e. The van der Waals surface area contributed by atoms with Crippen LogP contribution < -0.4 is 10.3 Å². The second-order valence-electron chi connectivity index (χ2n) is 8.17. The van der Waals surface area contributed by atoms with Crippen LogP contribution in [0.1, 0.15) is 50.7 Å². The van der Waals surface area contributed by atoms with E-state index in [1.54, 1.807) is 0 Å². The molecule has 2 heterocycles.